The lowest BCUT2D eigenvalue weighted by Crippen LogP contribution is -2.37. The fraction of sp³-hybridized carbons (Fsp3) is 0.898. The van der Waals surface area contributed by atoms with Crippen LogP contribution in [0.1, 0.15) is 226 Å². The summed E-state index contributed by atoms with van der Waals surface area (Å²) in [5, 5.41) is 0. The summed E-state index contributed by atoms with van der Waals surface area (Å²) in [4.78, 5) is 25.1. The van der Waals surface area contributed by atoms with Crippen molar-refractivity contribution >= 4 is 13.8 Å². The molecule has 0 fully saturated rings. The van der Waals surface area contributed by atoms with Gasteiger partial charge in [0.2, 0.25) is 0 Å². The highest BCUT2D eigenvalue weighted by Gasteiger charge is 2.20. The molecule has 0 aliphatic heterocycles. The Morgan fingerprint density at radius 2 is 0.897 bits per heavy atom. The first kappa shape index (κ1) is 57.0. The Kier molecular flexibility index (Phi) is 41.9. The van der Waals surface area contributed by atoms with Gasteiger partial charge >= 0.3 is 5.97 Å². The average Bonchev–Trinajstić information content (AvgIpc) is 3.18. The van der Waals surface area contributed by atoms with Gasteiger partial charge in [-0.15, -0.1) is 0 Å². The third kappa shape index (κ3) is 46.1. The summed E-state index contributed by atoms with van der Waals surface area (Å²) in [5.74, 6) is -0.337. The Morgan fingerprint density at radius 1 is 0.517 bits per heavy atom. The van der Waals surface area contributed by atoms with E-state index in [1.807, 2.05) is 21.1 Å². The molecule has 0 bridgehead atoms. The summed E-state index contributed by atoms with van der Waals surface area (Å²) >= 11 is 0. The topological polar surface area (TPSA) is 94.1 Å². The van der Waals surface area contributed by atoms with Crippen LogP contribution in [0.2, 0.25) is 0 Å². The zero-order valence-corrected chi connectivity index (χ0v) is 39.9. The maximum absolute atomic E-state index is 12.7. The molecule has 344 valence electrons. The van der Waals surface area contributed by atoms with Crippen molar-refractivity contribution < 1.29 is 37.3 Å². The molecule has 2 unspecified atom stereocenters. The summed E-state index contributed by atoms with van der Waals surface area (Å²) in [5.41, 5.74) is 0. The summed E-state index contributed by atoms with van der Waals surface area (Å²) in [6.45, 7) is 5.43. The van der Waals surface area contributed by atoms with Crippen LogP contribution in [0.15, 0.2) is 24.3 Å². The van der Waals surface area contributed by atoms with Crippen molar-refractivity contribution in [3.05, 3.63) is 24.3 Å². The zero-order chi connectivity index (χ0) is 42.7. The minimum atomic E-state index is -4.53. The van der Waals surface area contributed by atoms with E-state index in [9.17, 15) is 14.3 Å². The number of ether oxygens (including phenoxy) is 2. The van der Waals surface area contributed by atoms with Crippen molar-refractivity contribution in [1.82, 2.24) is 0 Å². The number of rotatable bonds is 46. The molecular weight excluding hydrogens is 746 g/mol. The van der Waals surface area contributed by atoms with Gasteiger partial charge in [-0.1, -0.05) is 179 Å². The quantitative estimate of drug-likeness (QED) is 0.0198. The SMILES string of the molecule is CCCCCCCC/C=C\CCCCCCCCCC(=O)OC(COCCCCCCCCCC/C=C\CCCCCCCCC)COP(=O)([O-])OCC[N+](C)(C)C. The highest BCUT2D eigenvalue weighted by Crippen LogP contribution is 2.38. The van der Waals surface area contributed by atoms with Crippen molar-refractivity contribution in [3.63, 3.8) is 0 Å². The van der Waals surface area contributed by atoms with E-state index in [1.165, 1.54) is 173 Å². The Balaban J connectivity index is 4.16. The van der Waals surface area contributed by atoms with Gasteiger partial charge in [-0.3, -0.25) is 9.36 Å². The summed E-state index contributed by atoms with van der Waals surface area (Å²) in [6, 6.07) is 0. The Bertz CT molecular complexity index is 983. The number of unbranched alkanes of at least 4 members (excludes halogenated alkanes) is 28. The molecule has 0 radical (unpaired) electrons. The summed E-state index contributed by atoms with van der Waals surface area (Å²) in [7, 11) is 1.36. The van der Waals surface area contributed by atoms with Crippen molar-refractivity contribution in [2.75, 3.05) is 54.1 Å². The van der Waals surface area contributed by atoms with E-state index in [4.69, 9.17) is 18.5 Å². The lowest BCUT2D eigenvalue weighted by atomic mass is 10.1. The van der Waals surface area contributed by atoms with Crippen molar-refractivity contribution in [2.45, 2.75) is 232 Å². The van der Waals surface area contributed by atoms with E-state index in [2.05, 4.69) is 38.2 Å². The van der Waals surface area contributed by atoms with E-state index in [0.717, 1.165) is 32.1 Å². The van der Waals surface area contributed by atoms with Crippen LogP contribution in [0, 0.1) is 0 Å². The molecule has 0 saturated heterocycles. The highest BCUT2D eigenvalue weighted by atomic mass is 31.2. The molecule has 0 rings (SSSR count). The molecule has 8 nitrogen and oxygen atoms in total. The van der Waals surface area contributed by atoms with E-state index in [0.29, 0.717) is 24.1 Å². The molecule has 2 atom stereocenters. The smallest absolute Gasteiger partial charge is 0.306 e. The van der Waals surface area contributed by atoms with Gasteiger partial charge in [0.25, 0.3) is 7.82 Å². The predicted octanol–water partition coefficient (Wildman–Crippen LogP) is 14.1. The molecule has 0 amide bonds. The van der Waals surface area contributed by atoms with Gasteiger partial charge in [0.05, 0.1) is 34.4 Å². The van der Waals surface area contributed by atoms with Crippen LogP contribution >= 0.6 is 7.82 Å². The molecule has 0 aromatic rings. The van der Waals surface area contributed by atoms with Gasteiger partial charge in [-0.25, -0.2) is 0 Å². The number of quaternary nitrogens is 1. The van der Waals surface area contributed by atoms with Crippen LogP contribution in [-0.2, 0) is 27.9 Å². The van der Waals surface area contributed by atoms with Crippen LogP contribution in [0.3, 0.4) is 0 Å². The zero-order valence-electron chi connectivity index (χ0n) is 39.0. The van der Waals surface area contributed by atoms with Crippen molar-refractivity contribution in [2.24, 2.45) is 0 Å². The van der Waals surface area contributed by atoms with Gasteiger partial charge in [0.1, 0.15) is 19.3 Å². The van der Waals surface area contributed by atoms with Gasteiger partial charge < -0.3 is 27.9 Å². The lowest BCUT2D eigenvalue weighted by molar-refractivity contribution is -0.870. The molecule has 0 aromatic carbocycles. The number of carbonyl (C=O) groups excluding carboxylic acids is 1. The third-order valence-electron chi connectivity index (χ3n) is 10.7. The molecule has 9 heteroatoms. The van der Waals surface area contributed by atoms with Crippen LogP contribution in [0.25, 0.3) is 0 Å². The monoisotopic (exact) mass is 842 g/mol. The number of allylic oxidation sites excluding steroid dienone is 4. The molecular formula is C49H96NO7P. The molecule has 58 heavy (non-hydrogen) atoms. The molecule has 0 heterocycles. The summed E-state index contributed by atoms with van der Waals surface area (Å²) < 4.78 is 34.7. The first-order chi connectivity index (χ1) is 28.1. The van der Waals surface area contributed by atoms with E-state index in [-0.39, 0.29) is 25.8 Å². The minimum absolute atomic E-state index is 0.0261. The lowest BCUT2D eigenvalue weighted by Gasteiger charge is -2.28. The second kappa shape index (κ2) is 42.7. The number of carbonyl (C=O) groups is 1. The summed E-state index contributed by atoms with van der Waals surface area (Å²) in [6.07, 6.45) is 49.0. The molecule has 0 spiro atoms. The Morgan fingerprint density at radius 3 is 1.31 bits per heavy atom. The molecule has 0 aliphatic carbocycles. The van der Waals surface area contributed by atoms with E-state index in [1.54, 1.807) is 0 Å². The van der Waals surface area contributed by atoms with Gasteiger partial charge in [0.15, 0.2) is 0 Å². The van der Waals surface area contributed by atoms with Gasteiger partial charge in [0, 0.05) is 13.0 Å². The van der Waals surface area contributed by atoms with Crippen LogP contribution in [0.4, 0.5) is 0 Å². The number of hydrogen-bond acceptors (Lipinski definition) is 7. The fourth-order valence-electron chi connectivity index (χ4n) is 6.89. The largest absolute Gasteiger partial charge is 0.756 e. The first-order valence-electron chi connectivity index (χ1n) is 24.6. The number of likely N-dealkylation sites (N-methyl/N-ethyl adjacent to an activating group) is 1. The molecule has 0 N–H and O–H groups in total. The van der Waals surface area contributed by atoms with Crippen LogP contribution < -0.4 is 4.89 Å². The van der Waals surface area contributed by atoms with Crippen LogP contribution in [-0.4, -0.2) is 70.7 Å². The second-order valence-corrected chi connectivity index (χ2v) is 19.2. The molecule has 0 aliphatic rings. The third-order valence-corrected chi connectivity index (χ3v) is 11.7. The van der Waals surface area contributed by atoms with E-state index < -0.39 is 13.9 Å². The maximum atomic E-state index is 12.7. The second-order valence-electron chi connectivity index (χ2n) is 17.8. The number of nitrogens with zero attached hydrogens (tertiary/aromatic N) is 1. The minimum Gasteiger partial charge on any atom is -0.756 e. The predicted molar refractivity (Wildman–Crippen MR) is 245 cm³/mol. The van der Waals surface area contributed by atoms with Crippen molar-refractivity contribution in [1.29, 1.82) is 0 Å². The Labute approximate surface area is 360 Å². The highest BCUT2D eigenvalue weighted by molar-refractivity contribution is 7.45. The van der Waals surface area contributed by atoms with Gasteiger partial charge in [-0.2, -0.15) is 0 Å². The molecule has 0 aromatic heterocycles. The average molecular weight is 842 g/mol. The number of phosphoric ester groups is 1. The van der Waals surface area contributed by atoms with E-state index >= 15 is 0 Å². The number of hydrogen-bond donors (Lipinski definition) is 0. The Hall–Kier alpha value is -1.02. The van der Waals surface area contributed by atoms with Gasteiger partial charge in [-0.05, 0) is 64.2 Å². The first-order valence-corrected chi connectivity index (χ1v) is 26.0. The van der Waals surface area contributed by atoms with Crippen molar-refractivity contribution in [3.8, 4) is 0 Å². The van der Waals surface area contributed by atoms with Crippen LogP contribution in [0.5, 0.6) is 0 Å². The standard InChI is InChI=1S/C49H96NO7P/c1-6-8-10-12-14-16-18-20-22-24-25-27-29-31-33-35-37-39-41-44-54-46-48(47-56-58(52,53)55-45-43-50(3,4)5)57-49(51)42-40-38-36-34-32-30-28-26-23-21-19-17-15-13-11-9-7-2/h21-24,48H,6-20,25-47H2,1-5H3/b23-21-,24-22-. The molecule has 0 saturated carbocycles. The fourth-order valence-corrected chi connectivity index (χ4v) is 7.62. The normalized spacial score (nSPS) is 13.8. The number of esters is 1. The maximum Gasteiger partial charge on any atom is 0.306 e. The number of phosphoric acid groups is 1.